The largest absolute Gasteiger partial charge is 0.480 e. The average molecular weight is 593 g/mol. The summed E-state index contributed by atoms with van der Waals surface area (Å²) in [6, 6.07) is 6.50. The van der Waals surface area contributed by atoms with Crippen LogP contribution in [0.3, 0.4) is 0 Å². The van der Waals surface area contributed by atoms with E-state index < -0.39 is 30.2 Å². The minimum absolute atomic E-state index is 0.0192. The molecule has 0 bridgehead atoms. The Kier molecular flexibility index (Phi) is 10.3. The first-order chi connectivity index (χ1) is 12.7. The smallest absolute Gasteiger partial charge is 0.326 e. The number of carbonyl (C=O) groups excluding carboxylic acids is 2. The van der Waals surface area contributed by atoms with Gasteiger partial charge in [-0.2, -0.15) is 0 Å². The molecule has 0 spiro atoms. The molecule has 1 aromatic rings. The van der Waals surface area contributed by atoms with E-state index >= 15 is 0 Å². The molecule has 1 rings (SSSR count). The first-order valence-corrected chi connectivity index (χ1v) is 10.6. The summed E-state index contributed by atoms with van der Waals surface area (Å²) < 4.78 is 6.01. The average Bonchev–Trinajstić information content (AvgIpc) is 2.58. The van der Waals surface area contributed by atoms with Crippen molar-refractivity contribution in [2.45, 2.75) is 37.7 Å². The van der Waals surface area contributed by atoms with E-state index in [4.69, 9.17) is 9.84 Å². The maximum Gasteiger partial charge on any atom is 0.326 e. The van der Waals surface area contributed by atoms with E-state index in [1.807, 2.05) is 24.3 Å². The molecule has 0 unspecified atom stereocenters. The summed E-state index contributed by atoms with van der Waals surface area (Å²) in [5, 5.41) is 20.3. The first kappa shape index (κ1) is 23.4. The van der Waals surface area contributed by atoms with Gasteiger partial charge in [-0.3, -0.25) is 0 Å². The van der Waals surface area contributed by atoms with E-state index in [0.29, 0.717) is 5.75 Å². The fraction of sp³-hybridized carbons (Fsp3) is 0.412. The zero-order valence-electron chi connectivity index (χ0n) is 14.5. The molecule has 0 radical (unpaired) electrons. The van der Waals surface area contributed by atoms with Gasteiger partial charge in [-0.1, -0.05) is 0 Å². The second kappa shape index (κ2) is 11.9. The van der Waals surface area contributed by atoms with Crippen molar-refractivity contribution in [1.82, 2.24) is 5.32 Å². The van der Waals surface area contributed by atoms with Gasteiger partial charge in [-0.15, -0.1) is 0 Å². The van der Waals surface area contributed by atoms with Gasteiger partial charge < -0.3 is 9.90 Å². The molecule has 0 saturated carbocycles. The maximum absolute atomic E-state index is 11.8. The summed E-state index contributed by atoms with van der Waals surface area (Å²) in [5.41, 5.74) is 1.02. The van der Waals surface area contributed by atoms with Crippen LogP contribution in [0.15, 0.2) is 24.3 Å². The van der Waals surface area contributed by atoms with Crippen LogP contribution >= 0.6 is 11.8 Å². The van der Waals surface area contributed by atoms with E-state index in [1.165, 1.54) is 22.0 Å². The minimum Gasteiger partial charge on any atom is -0.480 e. The van der Waals surface area contributed by atoms with Crippen LogP contribution in [0.4, 0.5) is 4.79 Å². The summed E-state index contributed by atoms with van der Waals surface area (Å²) in [6.45, 7) is 1.31. The molecule has 0 aliphatic carbocycles. The number of Topliss-reactive ketones (excluding diaryl/α,β-unsaturated/α-hetero) is 1. The van der Waals surface area contributed by atoms with Crippen LogP contribution in [0.2, 0.25) is 0 Å². The number of carboxylic acid groups (broad SMARTS) is 2. The number of alkyl carbamates (subject to hydrolysis) is 1. The fourth-order valence-electron chi connectivity index (χ4n) is 1.93. The summed E-state index contributed by atoms with van der Waals surface area (Å²) in [5.74, 6) is -2.29. The fourth-order valence-corrected chi connectivity index (χ4v) is 3.39. The topological polar surface area (TPSA) is 130 Å². The number of carbonyl (C=O) groups is 4. The minimum atomic E-state index is -1.41. The SMILES string of the molecule is CC(=O)CC[C@H](NC(=O)O[C@@H](CSCc1ccc([211At])cc1)C(=O)O)C(=O)O. The molecule has 10 heteroatoms. The van der Waals surface area contributed by atoms with Crippen molar-refractivity contribution < 1.29 is 58.8 Å². The second-order valence-electron chi connectivity index (χ2n) is 5.65. The molecule has 0 fully saturated rings. The number of amides is 1. The molecule has 148 valence electrons. The van der Waals surface area contributed by atoms with E-state index in [0.717, 1.165) is 5.56 Å². The number of aliphatic carboxylic acids is 2. The Balaban J connectivity index is 2.52. The predicted molar refractivity (Wildman–Crippen MR) is 94.6 cm³/mol. The number of hydrogen-bond acceptors (Lipinski definition) is 6. The van der Waals surface area contributed by atoms with Crippen molar-refractivity contribution in [2.75, 3.05) is 5.75 Å². The van der Waals surface area contributed by atoms with Crippen molar-refractivity contribution in [3.8, 4) is 0 Å². The van der Waals surface area contributed by atoms with Crippen molar-refractivity contribution >= 4 is 38.8 Å². The summed E-state index contributed by atoms with van der Waals surface area (Å²) in [6.07, 6.45) is -2.67. The summed E-state index contributed by atoms with van der Waals surface area (Å²) in [7, 11) is 0. The third kappa shape index (κ3) is 9.72. The molecule has 0 aliphatic rings. The zero-order valence-corrected chi connectivity index (χ0v) is 18.3. The molecular weight excluding hydrogens is 573 g/mol. The van der Waals surface area contributed by atoms with Crippen molar-refractivity contribution in [3.63, 3.8) is 0 Å². The van der Waals surface area contributed by atoms with Crippen LogP contribution in [-0.4, -0.2) is 51.9 Å². The molecule has 8 nitrogen and oxygen atoms in total. The number of thioether (sulfide) groups is 1. The number of rotatable bonds is 11. The van der Waals surface area contributed by atoms with Gasteiger partial charge in [0.15, 0.2) is 0 Å². The van der Waals surface area contributed by atoms with Gasteiger partial charge in [-0.25, -0.2) is 4.79 Å². The molecule has 0 aliphatic heterocycles. The molecule has 1 aromatic carbocycles. The molecule has 0 aromatic heterocycles. The quantitative estimate of drug-likeness (QED) is 0.348. The van der Waals surface area contributed by atoms with Crippen molar-refractivity contribution in [1.29, 1.82) is 0 Å². The van der Waals surface area contributed by atoms with Crippen LogP contribution in [0.5, 0.6) is 0 Å². The third-order valence-electron chi connectivity index (χ3n) is 3.35. The Bertz CT molecular complexity index is 680. The number of nitrogens with one attached hydrogen (secondary N) is 1. The number of benzene rings is 1. The van der Waals surface area contributed by atoms with Gasteiger partial charge in [0.25, 0.3) is 0 Å². The third-order valence-corrected chi connectivity index (χ3v) is 5.41. The molecule has 2 atom stereocenters. The van der Waals surface area contributed by atoms with Crippen LogP contribution in [0.25, 0.3) is 0 Å². The van der Waals surface area contributed by atoms with Crippen LogP contribution in [0, 0.1) is 24.7 Å². The van der Waals surface area contributed by atoms with E-state index in [9.17, 15) is 24.3 Å². The number of ether oxygens (including phenoxy) is 1. The van der Waals surface area contributed by atoms with Crippen LogP contribution in [0.1, 0.15) is 25.3 Å². The van der Waals surface area contributed by atoms with Gasteiger partial charge in [0, 0.05) is 6.42 Å². The Morgan fingerprint density at radius 2 is 1.78 bits per heavy atom. The first-order valence-electron chi connectivity index (χ1n) is 7.93. The Hall–Kier alpha value is -1.67. The van der Waals surface area contributed by atoms with Gasteiger partial charge in [0.1, 0.15) is 5.78 Å². The Labute approximate surface area is 175 Å². The zero-order chi connectivity index (χ0) is 20.4. The van der Waals surface area contributed by atoms with E-state index in [1.54, 1.807) is 24.7 Å². The van der Waals surface area contributed by atoms with Gasteiger partial charge >= 0.3 is 136 Å². The normalized spacial score (nSPS) is 12.7. The molecule has 0 saturated heterocycles. The van der Waals surface area contributed by atoms with Crippen molar-refractivity contribution in [2.24, 2.45) is 0 Å². The predicted octanol–water partition coefficient (Wildman–Crippen LogP) is 1.10. The number of ketones is 1. The second-order valence-corrected chi connectivity index (χ2v) is 8.38. The molecular formula is C17H20AtNO7S. The molecule has 3 N–H and O–H groups in total. The Morgan fingerprint density at radius 1 is 1.15 bits per heavy atom. The number of carboxylic acids is 2. The van der Waals surface area contributed by atoms with Crippen molar-refractivity contribution in [3.05, 3.63) is 29.8 Å². The van der Waals surface area contributed by atoms with E-state index in [-0.39, 0.29) is 24.4 Å². The maximum atomic E-state index is 11.8. The standard InChI is InChI=1S/C17H20AtNO7S/c1-10(20)2-7-13(15(21)22)19-17(25)26-14(16(23)24)9-27-8-11-3-5-12(18)6-4-11/h3-6,13-14H,2,7-9H2,1H3,(H,19,25)(H,21,22)(H,23,24)/t13-,14-/m0/s1/i18+1. The molecule has 1 amide bonds. The van der Waals surface area contributed by atoms with Crippen LogP contribution < -0.4 is 8.59 Å². The number of hydrogen-bond donors (Lipinski definition) is 3. The molecule has 27 heavy (non-hydrogen) atoms. The monoisotopic (exact) mass is 593 g/mol. The van der Waals surface area contributed by atoms with Crippen LogP contribution in [-0.2, 0) is 24.9 Å². The van der Waals surface area contributed by atoms with Gasteiger partial charge in [0.05, 0.1) is 0 Å². The summed E-state index contributed by atoms with van der Waals surface area (Å²) in [4.78, 5) is 45.2. The summed E-state index contributed by atoms with van der Waals surface area (Å²) >= 11 is 2.85. The molecule has 0 heterocycles. The van der Waals surface area contributed by atoms with E-state index in [2.05, 4.69) is 5.32 Å². The van der Waals surface area contributed by atoms with Gasteiger partial charge in [0.2, 0.25) is 0 Å². The Morgan fingerprint density at radius 3 is 2.30 bits per heavy atom. The van der Waals surface area contributed by atoms with Gasteiger partial charge in [-0.05, 0) is 13.3 Å².